The lowest BCUT2D eigenvalue weighted by Crippen LogP contribution is -2.53. The Morgan fingerprint density at radius 1 is 1.47 bits per heavy atom. The largest absolute Gasteiger partial charge is 0.401 e. The second kappa shape index (κ2) is 4.52. The number of carbonyl (C=O) groups is 1. The maximum atomic E-state index is 12.4. The van der Waals surface area contributed by atoms with E-state index in [9.17, 15) is 18.0 Å². The molecule has 0 heterocycles. The SMILES string of the molecule is Cc1ccc2c(c1)C(NCC(F)(F)F)(C(N)=O)CC2. The third-order valence-corrected chi connectivity index (χ3v) is 3.51. The van der Waals surface area contributed by atoms with Crippen molar-refractivity contribution in [1.29, 1.82) is 0 Å². The van der Waals surface area contributed by atoms with Gasteiger partial charge in [0.1, 0.15) is 5.54 Å². The number of alkyl halides is 3. The number of carbonyl (C=O) groups excluding carboxylic acids is 1. The topological polar surface area (TPSA) is 55.1 Å². The molecular formula is C13H15F3N2O. The monoisotopic (exact) mass is 272 g/mol. The summed E-state index contributed by atoms with van der Waals surface area (Å²) in [4.78, 5) is 11.7. The van der Waals surface area contributed by atoms with Gasteiger partial charge in [-0.3, -0.25) is 10.1 Å². The van der Waals surface area contributed by atoms with Crippen LogP contribution in [0.2, 0.25) is 0 Å². The Morgan fingerprint density at radius 2 is 2.16 bits per heavy atom. The van der Waals surface area contributed by atoms with Gasteiger partial charge in [-0.1, -0.05) is 23.8 Å². The number of hydrogen-bond acceptors (Lipinski definition) is 2. The molecule has 1 aliphatic rings. The van der Waals surface area contributed by atoms with Gasteiger partial charge in [0.25, 0.3) is 0 Å². The number of benzene rings is 1. The number of aryl methyl sites for hydroxylation is 2. The smallest absolute Gasteiger partial charge is 0.368 e. The van der Waals surface area contributed by atoms with Crippen LogP contribution in [-0.4, -0.2) is 18.6 Å². The van der Waals surface area contributed by atoms with Gasteiger partial charge in [-0.2, -0.15) is 13.2 Å². The van der Waals surface area contributed by atoms with Crippen molar-refractivity contribution in [3.63, 3.8) is 0 Å². The van der Waals surface area contributed by atoms with Gasteiger partial charge in [-0.25, -0.2) is 0 Å². The highest BCUT2D eigenvalue weighted by Crippen LogP contribution is 2.37. The van der Waals surface area contributed by atoms with Crippen LogP contribution < -0.4 is 11.1 Å². The van der Waals surface area contributed by atoms with Crippen molar-refractivity contribution in [2.45, 2.75) is 31.5 Å². The Morgan fingerprint density at radius 3 is 2.74 bits per heavy atom. The molecule has 0 fully saturated rings. The van der Waals surface area contributed by atoms with Crippen molar-refractivity contribution in [2.75, 3.05) is 6.54 Å². The number of rotatable bonds is 3. The average molecular weight is 272 g/mol. The summed E-state index contributed by atoms with van der Waals surface area (Å²) in [6.45, 7) is 0.595. The molecule has 0 aliphatic heterocycles. The molecule has 0 bridgehead atoms. The van der Waals surface area contributed by atoms with E-state index in [4.69, 9.17) is 5.73 Å². The first-order valence-electron chi connectivity index (χ1n) is 5.96. The van der Waals surface area contributed by atoms with E-state index in [-0.39, 0.29) is 6.42 Å². The summed E-state index contributed by atoms with van der Waals surface area (Å²) in [6, 6.07) is 5.45. The summed E-state index contributed by atoms with van der Waals surface area (Å²) < 4.78 is 37.1. The first kappa shape index (κ1) is 13.9. The van der Waals surface area contributed by atoms with Crippen molar-refractivity contribution < 1.29 is 18.0 Å². The minimum Gasteiger partial charge on any atom is -0.368 e. The molecule has 0 saturated carbocycles. The van der Waals surface area contributed by atoms with Crippen LogP contribution in [0.4, 0.5) is 13.2 Å². The fourth-order valence-corrected chi connectivity index (χ4v) is 2.54. The Bertz CT molecular complexity index is 513. The number of amides is 1. The fourth-order valence-electron chi connectivity index (χ4n) is 2.54. The van der Waals surface area contributed by atoms with Crippen LogP contribution in [0, 0.1) is 6.92 Å². The van der Waals surface area contributed by atoms with Crippen LogP contribution in [0.15, 0.2) is 18.2 Å². The zero-order valence-corrected chi connectivity index (χ0v) is 10.5. The predicted molar refractivity (Wildman–Crippen MR) is 64.4 cm³/mol. The van der Waals surface area contributed by atoms with Crippen LogP contribution in [0.1, 0.15) is 23.1 Å². The van der Waals surface area contributed by atoms with Gasteiger partial charge in [0.05, 0.1) is 6.54 Å². The van der Waals surface area contributed by atoms with Gasteiger partial charge in [0.2, 0.25) is 5.91 Å². The van der Waals surface area contributed by atoms with E-state index in [1.54, 1.807) is 6.07 Å². The summed E-state index contributed by atoms with van der Waals surface area (Å²) in [7, 11) is 0. The molecule has 1 aliphatic carbocycles. The van der Waals surface area contributed by atoms with Gasteiger partial charge in [0.15, 0.2) is 0 Å². The van der Waals surface area contributed by atoms with E-state index in [0.717, 1.165) is 11.1 Å². The van der Waals surface area contributed by atoms with E-state index in [1.165, 1.54) is 0 Å². The van der Waals surface area contributed by atoms with Crippen molar-refractivity contribution >= 4 is 5.91 Å². The summed E-state index contributed by atoms with van der Waals surface area (Å²) in [5.74, 6) is -0.763. The van der Waals surface area contributed by atoms with Crippen molar-refractivity contribution in [3.8, 4) is 0 Å². The van der Waals surface area contributed by atoms with Crippen LogP contribution >= 0.6 is 0 Å². The Hall–Kier alpha value is -1.56. The molecule has 3 nitrogen and oxygen atoms in total. The Kier molecular flexibility index (Phi) is 3.30. The first-order valence-corrected chi connectivity index (χ1v) is 5.96. The third kappa shape index (κ3) is 2.58. The van der Waals surface area contributed by atoms with Crippen LogP contribution in [0.3, 0.4) is 0 Å². The lowest BCUT2D eigenvalue weighted by atomic mass is 9.90. The lowest BCUT2D eigenvalue weighted by molar-refractivity contribution is -0.136. The van der Waals surface area contributed by atoms with Crippen LogP contribution in [0.25, 0.3) is 0 Å². The van der Waals surface area contributed by atoms with Gasteiger partial charge >= 0.3 is 6.18 Å². The number of halogens is 3. The number of primary amides is 1. The standard InChI is InChI=1S/C13H15F3N2O/c1-8-2-3-9-4-5-12(11(17)19,10(9)6-8)18-7-13(14,15)16/h2-3,6,18H,4-5,7H2,1H3,(H2,17,19). The molecule has 0 aromatic heterocycles. The molecule has 3 N–H and O–H groups in total. The highest BCUT2D eigenvalue weighted by molar-refractivity contribution is 5.87. The zero-order chi connectivity index (χ0) is 14.3. The van der Waals surface area contributed by atoms with Crippen molar-refractivity contribution in [3.05, 3.63) is 34.9 Å². The zero-order valence-electron chi connectivity index (χ0n) is 10.5. The molecule has 1 aromatic rings. The maximum absolute atomic E-state index is 12.4. The Labute approximate surface area is 109 Å². The first-order chi connectivity index (χ1) is 8.74. The van der Waals surface area contributed by atoms with Crippen LogP contribution in [-0.2, 0) is 16.8 Å². The van der Waals surface area contributed by atoms with E-state index in [0.29, 0.717) is 12.0 Å². The molecule has 1 atom stereocenters. The normalized spacial score (nSPS) is 22.3. The van der Waals surface area contributed by atoms with Gasteiger partial charge in [-0.05, 0) is 30.9 Å². The maximum Gasteiger partial charge on any atom is 0.401 e. The third-order valence-electron chi connectivity index (χ3n) is 3.51. The van der Waals surface area contributed by atoms with Gasteiger partial charge < -0.3 is 5.73 Å². The highest BCUT2D eigenvalue weighted by atomic mass is 19.4. The summed E-state index contributed by atoms with van der Waals surface area (Å²) in [5.41, 5.74) is 6.29. The van der Waals surface area contributed by atoms with E-state index in [2.05, 4.69) is 5.32 Å². The minimum absolute atomic E-state index is 0.261. The van der Waals surface area contributed by atoms with Crippen LogP contribution in [0.5, 0.6) is 0 Å². The predicted octanol–water partition coefficient (Wildman–Crippen LogP) is 1.77. The molecule has 0 radical (unpaired) electrons. The molecule has 6 heteroatoms. The second-order valence-electron chi connectivity index (χ2n) is 4.90. The quantitative estimate of drug-likeness (QED) is 0.881. The summed E-state index contributed by atoms with van der Waals surface area (Å²) in [5, 5.41) is 2.32. The molecule has 1 amide bonds. The second-order valence-corrected chi connectivity index (χ2v) is 4.90. The van der Waals surface area contributed by atoms with Crippen molar-refractivity contribution in [2.24, 2.45) is 5.73 Å². The average Bonchev–Trinajstić information content (AvgIpc) is 2.65. The van der Waals surface area contributed by atoms with Gasteiger partial charge in [-0.15, -0.1) is 0 Å². The molecule has 19 heavy (non-hydrogen) atoms. The number of nitrogens with one attached hydrogen (secondary N) is 1. The number of hydrogen-bond donors (Lipinski definition) is 2. The van der Waals surface area contributed by atoms with E-state index in [1.807, 2.05) is 19.1 Å². The molecule has 1 aromatic carbocycles. The van der Waals surface area contributed by atoms with E-state index < -0.39 is 24.2 Å². The minimum atomic E-state index is -4.38. The number of nitrogens with two attached hydrogens (primary N) is 1. The molecule has 1 unspecified atom stereocenters. The van der Waals surface area contributed by atoms with Gasteiger partial charge in [0, 0.05) is 0 Å². The lowest BCUT2D eigenvalue weighted by Gasteiger charge is -2.29. The molecule has 0 saturated heterocycles. The molecule has 0 spiro atoms. The van der Waals surface area contributed by atoms with Crippen molar-refractivity contribution in [1.82, 2.24) is 5.32 Å². The summed E-state index contributed by atoms with van der Waals surface area (Å²) in [6.07, 6.45) is -3.57. The highest BCUT2D eigenvalue weighted by Gasteiger charge is 2.45. The fraction of sp³-hybridized carbons (Fsp3) is 0.462. The Balaban J connectivity index is 2.39. The molecule has 104 valence electrons. The molecular weight excluding hydrogens is 257 g/mol. The summed E-state index contributed by atoms with van der Waals surface area (Å²) >= 11 is 0. The van der Waals surface area contributed by atoms with E-state index >= 15 is 0 Å². The molecule has 2 rings (SSSR count). The number of fused-ring (bicyclic) bond motifs is 1.